The Bertz CT molecular complexity index is 1680. The number of anilines is 2. The van der Waals surface area contributed by atoms with Gasteiger partial charge in [0, 0.05) is 81.3 Å². The van der Waals surface area contributed by atoms with Crippen LogP contribution in [0, 0.1) is 6.92 Å². The van der Waals surface area contributed by atoms with E-state index in [0.29, 0.717) is 12.0 Å². The number of nitrogens with zero attached hydrogens (tertiary/aromatic N) is 4. The number of nitrogens with one attached hydrogen (secondary N) is 1. The fourth-order valence-electron chi connectivity index (χ4n) is 6.45. The van der Waals surface area contributed by atoms with Gasteiger partial charge in [-0.25, -0.2) is 0 Å². The highest BCUT2D eigenvalue weighted by Gasteiger charge is 2.19. The van der Waals surface area contributed by atoms with E-state index in [0.717, 1.165) is 90.8 Å². The number of rotatable bonds is 9. The molecule has 0 bridgehead atoms. The third kappa shape index (κ3) is 7.21. The summed E-state index contributed by atoms with van der Waals surface area (Å²) < 4.78 is 6.86. The molecule has 1 amide bonds. The summed E-state index contributed by atoms with van der Waals surface area (Å²) in [5, 5.41) is 3.17. The summed E-state index contributed by atoms with van der Waals surface area (Å²) in [4.78, 5) is 38.2. The van der Waals surface area contributed by atoms with Crippen LogP contribution in [0.25, 0.3) is 11.1 Å². The molecule has 6 rings (SSSR count). The van der Waals surface area contributed by atoms with Gasteiger partial charge in [0.15, 0.2) is 0 Å². The molecule has 1 fully saturated rings. The zero-order valence-corrected chi connectivity index (χ0v) is 27.4. The Morgan fingerprint density at radius 2 is 1.87 bits per heavy atom. The van der Waals surface area contributed by atoms with E-state index in [-0.39, 0.29) is 11.5 Å². The predicted molar refractivity (Wildman–Crippen MR) is 183 cm³/mol. The zero-order chi connectivity index (χ0) is 31.3. The topological polar surface area (TPSA) is 79.7 Å². The lowest BCUT2D eigenvalue weighted by molar-refractivity contribution is 0.103. The van der Waals surface area contributed by atoms with Crippen molar-refractivity contribution < 1.29 is 9.53 Å². The zero-order valence-electron chi connectivity index (χ0n) is 26.6. The largest absolute Gasteiger partial charge is 0.383 e. The summed E-state index contributed by atoms with van der Waals surface area (Å²) in [6.07, 6.45) is 10.0. The average molecular weight is 626 g/mol. The van der Waals surface area contributed by atoms with Gasteiger partial charge < -0.3 is 19.5 Å². The molecule has 1 N–H and O–H groups in total. The highest BCUT2D eigenvalue weighted by Crippen LogP contribution is 2.32. The maximum absolute atomic E-state index is 13.3. The van der Waals surface area contributed by atoms with Crippen LogP contribution in [-0.4, -0.2) is 66.8 Å². The average Bonchev–Trinajstić information content (AvgIpc) is 3.34. The number of amides is 1. The fraction of sp³-hybridized carbons (Fsp3) is 0.417. The monoisotopic (exact) mass is 625 g/mol. The van der Waals surface area contributed by atoms with Gasteiger partial charge in [-0.1, -0.05) is 18.6 Å². The molecule has 1 aromatic carbocycles. The van der Waals surface area contributed by atoms with Crippen LogP contribution < -0.4 is 15.8 Å². The number of carbonyl (C=O) groups is 1. The van der Waals surface area contributed by atoms with Gasteiger partial charge in [0.25, 0.3) is 11.5 Å². The number of fused-ring (bicyclic) bond motifs is 1. The number of benzene rings is 1. The second kappa shape index (κ2) is 14.1. The maximum atomic E-state index is 13.3. The molecule has 9 heteroatoms. The summed E-state index contributed by atoms with van der Waals surface area (Å²) in [7, 11) is 3.54. The van der Waals surface area contributed by atoms with E-state index in [1.54, 1.807) is 30.1 Å². The minimum atomic E-state index is -0.0584. The van der Waals surface area contributed by atoms with E-state index in [2.05, 4.69) is 27.2 Å². The SMILES string of the molecule is COCCN1CCN(c2ccc(Cc3cc(-c4cccc(NC(=O)c5cc6c(s5)CCCCC6)c4C)cn(C)c3=O)nc2)CC1. The fourth-order valence-corrected chi connectivity index (χ4v) is 7.60. The van der Waals surface area contributed by atoms with Crippen LogP contribution in [0.1, 0.15) is 56.2 Å². The van der Waals surface area contributed by atoms with Crippen molar-refractivity contribution in [2.24, 2.45) is 7.05 Å². The Balaban J connectivity index is 1.16. The number of piperazine rings is 1. The van der Waals surface area contributed by atoms with Crippen molar-refractivity contribution in [2.75, 3.05) is 56.7 Å². The van der Waals surface area contributed by atoms with Gasteiger partial charge in [-0.15, -0.1) is 11.3 Å². The minimum absolute atomic E-state index is 0.0311. The van der Waals surface area contributed by atoms with E-state index < -0.39 is 0 Å². The quantitative estimate of drug-likeness (QED) is 0.241. The number of hydrogen-bond donors (Lipinski definition) is 1. The highest BCUT2D eigenvalue weighted by molar-refractivity contribution is 7.14. The van der Waals surface area contributed by atoms with Crippen LogP contribution in [0.4, 0.5) is 11.4 Å². The smallest absolute Gasteiger partial charge is 0.265 e. The lowest BCUT2D eigenvalue weighted by atomic mass is 9.98. The first kappa shape index (κ1) is 31.2. The molecule has 8 nitrogen and oxygen atoms in total. The molecule has 1 aliphatic heterocycles. The Labute approximate surface area is 269 Å². The summed E-state index contributed by atoms with van der Waals surface area (Å²) in [6, 6.07) is 14.2. The first-order chi connectivity index (χ1) is 21.9. The molecule has 0 radical (unpaired) electrons. The van der Waals surface area contributed by atoms with Gasteiger partial charge in [-0.3, -0.25) is 19.5 Å². The molecule has 4 heterocycles. The van der Waals surface area contributed by atoms with E-state index >= 15 is 0 Å². The lowest BCUT2D eigenvalue weighted by Crippen LogP contribution is -2.47. The van der Waals surface area contributed by atoms with E-state index in [1.807, 2.05) is 49.6 Å². The van der Waals surface area contributed by atoms with Crippen molar-refractivity contribution in [1.82, 2.24) is 14.5 Å². The van der Waals surface area contributed by atoms with Crippen molar-refractivity contribution in [3.63, 3.8) is 0 Å². The van der Waals surface area contributed by atoms with Crippen LogP contribution in [0.3, 0.4) is 0 Å². The molecule has 0 spiro atoms. The highest BCUT2D eigenvalue weighted by atomic mass is 32.1. The minimum Gasteiger partial charge on any atom is -0.383 e. The lowest BCUT2D eigenvalue weighted by Gasteiger charge is -2.35. The Hall–Kier alpha value is -3.79. The summed E-state index contributed by atoms with van der Waals surface area (Å²) in [5.41, 5.74) is 7.65. The van der Waals surface area contributed by atoms with Crippen molar-refractivity contribution in [1.29, 1.82) is 0 Å². The number of ether oxygens (including phenoxy) is 1. The normalized spacial score (nSPS) is 15.5. The molecule has 1 aliphatic carbocycles. The second-order valence-corrected chi connectivity index (χ2v) is 13.4. The second-order valence-electron chi connectivity index (χ2n) is 12.2. The summed E-state index contributed by atoms with van der Waals surface area (Å²) in [6.45, 7) is 7.68. The molecule has 2 aliphatic rings. The van der Waals surface area contributed by atoms with Crippen molar-refractivity contribution in [3.8, 4) is 11.1 Å². The first-order valence-corrected chi connectivity index (χ1v) is 16.8. The molecule has 0 atom stereocenters. The van der Waals surface area contributed by atoms with E-state index in [1.165, 1.54) is 29.7 Å². The standard InChI is InChI=1S/C36H43N5O3S/c1-25-31(9-7-10-32(25)38-35(42)34-22-26-8-5-4-6-11-33(26)45-34)28-20-27(36(43)39(2)24-28)21-29-12-13-30(23-37-29)41-16-14-40(15-17-41)18-19-44-3/h7,9-10,12-13,20,22-24H,4-6,8,11,14-19,21H2,1-3H3,(H,38,42). The number of carbonyl (C=O) groups excluding carboxylic acids is 1. The first-order valence-electron chi connectivity index (χ1n) is 16.0. The molecular weight excluding hydrogens is 582 g/mol. The summed E-state index contributed by atoms with van der Waals surface area (Å²) >= 11 is 1.64. The Morgan fingerprint density at radius 3 is 2.64 bits per heavy atom. The predicted octanol–water partition coefficient (Wildman–Crippen LogP) is 5.70. The van der Waals surface area contributed by atoms with Gasteiger partial charge in [0.2, 0.25) is 0 Å². The number of thiophene rings is 1. The maximum Gasteiger partial charge on any atom is 0.265 e. The Kier molecular flexibility index (Phi) is 9.78. The van der Waals surface area contributed by atoms with Gasteiger partial charge in [-0.2, -0.15) is 0 Å². The third-order valence-corrected chi connectivity index (χ3v) is 10.4. The molecule has 0 unspecified atom stereocenters. The molecular formula is C36H43N5O3S. The van der Waals surface area contributed by atoms with Crippen molar-refractivity contribution >= 4 is 28.6 Å². The van der Waals surface area contributed by atoms with Crippen LogP contribution >= 0.6 is 11.3 Å². The van der Waals surface area contributed by atoms with Gasteiger partial charge in [-0.05, 0) is 85.2 Å². The van der Waals surface area contributed by atoms with Crippen LogP contribution in [0.15, 0.2) is 59.7 Å². The molecule has 4 aromatic rings. The van der Waals surface area contributed by atoms with E-state index in [4.69, 9.17) is 9.72 Å². The number of pyridine rings is 2. The van der Waals surface area contributed by atoms with Gasteiger partial charge in [0.05, 0.1) is 23.4 Å². The van der Waals surface area contributed by atoms with Crippen molar-refractivity contribution in [3.05, 3.63) is 97.4 Å². The van der Waals surface area contributed by atoms with Crippen LogP contribution in [-0.2, 0) is 31.0 Å². The number of methoxy groups -OCH3 is 1. The number of hydrogen-bond acceptors (Lipinski definition) is 7. The van der Waals surface area contributed by atoms with Gasteiger partial charge >= 0.3 is 0 Å². The molecule has 1 saturated heterocycles. The molecule has 0 saturated carbocycles. The third-order valence-electron chi connectivity index (χ3n) is 9.15. The van der Waals surface area contributed by atoms with E-state index in [9.17, 15) is 9.59 Å². The number of aryl methyl sites for hydroxylation is 3. The van der Waals surface area contributed by atoms with Gasteiger partial charge in [0.1, 0.15) is 0 Å². The van der Waals surface area contributed by atoms with Crippen LogP contribution in [0.5, 0.6) is 0 Å². The molecule has 45 heavy (non-hydrogen) atoms. The molecule has 3 aromatic heterocycles. The number of aromatic nitrogens is 2. The molecule has 236 valence electrons. The van der Waals surface area contributed by atoms with Crippen LogP contribution in [0.2, 0.25) is 0 Å². The Morgan fingerprint density at radius 1 is 1.04 bits per heavy atom. The summed E-state index contributed by atoms with van der Waals surface area (Å²) in [5.74, 6) is -0.0584. The van der Waals surface area contributed by atoms with Crippen molar-refractivity contribution in [2.45, 2.75) is 45.4 Å².